The Morgan fingerprint density at radius 3 is 3.00 bits per heavy atom. The van der Waals surface area contributed by atoms with Gasteiger partial charge in [0.2, 0.25) is 0 Å². The first kappa shape index (κ1) is 9.91. The Bertz CT molecular complexity index is 374. The molecule has 0 radical (unpaired) electrons. The standard InChI is InChI=1S/C7H7BrN2O3/c1-13-7(12)4-10-6(11)3-2-5(8)9-10/h2-3H,4H2,1H3. The molecule has 0 saturated heterocycles. The molecule has 0 unspecified atom stereocenters. The fourth-order valence-corrected chi connectivity index (χ4v) is 1.05. The smallest absolute Gasteiger partial charge is 0.327 e. The van der Waals surface area contributed by atoms with E-state index in [2.05, 4.69) is 25.8 Å². The largest absolute Gasteiger partial charge is 0.468 e. The van der Waals surface area contributed by atoms with E-state index < -0.39 is 5.97 Å². The molecule has 1 aromatic rings. The third-order valence-corrected chi connectivity index (χ3v) is 1.76. The van der Waals surface area contributed by atoms with Gasteiger partial charge in [0, 0.05) is 6.07 Å². The Kier molecular flexibility index (Phi) is 3.18. The molecular formula is C7H7BrN2O3. The summed E-state index contributed by atoms with van der Waals surface area (Å²) in [7, 11) is 1.26. The van der Waals surface area contributed by atoms with Crippen molar-refractivity contribution in [1.29, 1.82) is 0 Å². The fraction of sp³-hybridized carbons (Fsp3) is 0.286. The molecule has 1 aromatic heterocycles. The highest BCUT2D eigenvalue weighted by atomic mass is 79.9. The lowest BCUT2D eigenvalue weighted by molar-refractivity contribution is -0.141. The molecule has 0 atom stereocenters. The monoisotopic (exact) mass is 246 g/mol. The van der Waals surface area contributed by atoms with Crippen LogP contribution in [0, 0.1) is 0 Å². The van der Waals surface area contributed by atoms with E-state index in [9.17, 15) is 9.59 Å². The molecular weight excluding hydrogens is 240 g/mol. The molecule has 13 heavy (non-hydrogen) atoms. The maximum Gasteiger partial charge on any atom is 0.327 e. The highest BCUT2D eigenvalue weighted by Crippen LogP contribution is 1.99. The van der Waals surface area contributed by atoms with Gasteiger partial charge in [0.05, 0.1) is 7.11 Å². The predicted octanol–water partition coefficient (Wildman–Crippen LogP) is 0.179. The van der Waals surface area contributed by atoms with E-state index in [1.165, 1.54) is 19.2 Å². The highest BCUT2D eigenvalue weighted by Gasteiger charge is 2.04. The third-order valence-electron chi connectivity index (χ3n) is 1.34. The lowest BCUT2D eigenvalue weighted by atomic mass is 10.5. The van der Waals surface area contributed by atoms with Gasteiger partial charge in [0.15, 0.2) is 0 Å². The summed E-state index contributed by atoms with van der Waals surface area (Å²) in [4.78, 5) is 21.9. The first-order valence-electron chi connectivity index (χ1n) is 3.44. The first-order chi connectivity index (χ1) is 6.13. The molecule has 0 N–H and O–H groups in total. The average Bonchev–Trinajstić information content (AvgIpc) is 2.11. The maximum absolute atomic E-state index is 11.1. The van der Waals surface area contributed by atoms with Gasteiger partial charge in [-0.1, -0.05) is 0 Å². The molecule has 0 aromatic carbocycles. The van der Waals surface area contributed by atoms with Crippen molar-refractivity contribution in [3.05, 3.63) is 27.1 Å². The minimum atomic E-state index is -0.507. The third kappa shape index (κ3) is 2.66. The number of halogens is 1. The summed E-state index contributed by atoms with van der Waals surface area (Å²) in [5, 5.41) is 3.78. The van der Waals surface area contributed by atoms with Crippen LogP contribution in [0.4, 0.5) is 0 Å². The van der Waals surface area contributed by atoms with E-state index in [1.807, 2.05) is 0 Å². The van der Waals surface area contributed by atoms with Crippen LogP contribution in [0.25, 0.3) is 0 Å². The van der Waals surface area contributed by atoms with E-state index in [4.69, 9.17) is 0 Å². The van der Waals surface area contributed by atoms with Crippen molar-refractivity contribution >= 4 is 21.9 Å². The molecule has 1 rings (SSSR count). The van der Waals surface area contributed by atoms with Gasteiger partial charge >= 0.3 is 5.97 Å². The van der Waals surface area contributed by atoms with Crippen LogP contribution in [-0.2, 0) is 16.1 Å². The number of carbonyl (C=O) groups excluding carboxylic acids is 1. The Morgan fingerprint density at radius 2 is 2.38 bits per heavy atom. The Morgan fingerprint density at radius 1 is 1.69 bits per heavy atom. The molecule has 6 heteroatoms. The van der Waals surface area contributed by atoms with Crippen molar-refractivity contribution in [2.45, 2.75) is 6.54 Å². The second kappa shape index (κ2) is 4.18. The number of aromatic nitrogens is 2. The summed E-state index contributed by atoms with van der Waals surface area (Å²) in [5.74, 6) is -0.507. The summed E-state index contributed by atoms with van der Waals surface area (Å²) in [5.41, 5.74) is -0.339. The predicted molar refractivity (Wildman–Crippen MR) is 48.2 cm³/mol. The molecule has 0 fully saturated rings. The van der Waals surface area contributed by atoms with Crippen molar-refractivity contribution < 1.29 is 9.53 Å². The summed E-state index contributed by atoms with van der Waals surface area (Å²) < 4.78 is 5.92. The van der Waals surface area contributed by atoms with E-state index in [0.717, 1.165) is 4.68 Å². The lowest BCUT2D eigenvalue weighted by Crippen LogP contribution is -2.26. The van der Waals surface area contributed by atoms with Crippen LogP contribution in [0.3, 0.4) is 0 Å². The van der Waals surface area contributed by atoms with Gasteiger partial charge in [-0.25, -0.2) is 4.68 Å². The molecule has 1 heterocycles. The Labute approximate surface area is 82.4 Å². The van der Waals surface area contributed by atoms with Crippen molar-refractivity contribution in [1.82, 2.24) is 9.78 Å². The highest BCUT2D eigenvalue weighted by molar-refractivity contribution is 9.10. The number of ether oxygens (including phenoxy) is 1. The Balaban J connectivity index is 2.94. The molecule has 0 amide bonds. The number of hydrogen-bond donors (Lipinski definition) is 0. The topological polar surface area (TPSA) is 61.2 Å². The summed E-state index contributed by atoms with van der Waals surface area (Å²) in [6.45, 7) is -0.172. The molecule has 0 bridgehead atoms. The minimum Gasteiger partial charge on any atom is -0.468 e. The van der Waals surface area contributed by atoms with Gasteiger partial charge in [0.25, 0.3) is 5.56 Å². The zero-order valence-electron chi connectivity index (χ0n) is 6.86. The molecule has 5 nitrogen and oxygen atoms in total. The van der Waals surface area contributed by atoms with Crippen molar-refractivity contribution in [3.63, 3.8) is 0 Å². The molecule has 0 saturated carbocycles. The molecule has 70 valence electrons. The van der Waals surface area contributed by atoms with Crippen LogP contribution in [0.2, 0.25) is 0 Å². The number of carbonyl (C=O) groups is 1. The van der Waals surface area contributed by atoms with Crippen molar-refractivity contribution in [2.24, 2.45) is 0 Å². The van der Waals surface area contributed by atoms with E-state index in [-0.39, 0.29) is 12.1 Å². The van der Waals surface area contributed by atoms with Crippen LogP contribution in [0.1, 0.15) is 0 Å². The van der Waals surface area contributed by atoms with Gasteiger partial charge < -0.3 is 4.74 Å². The van der Waals surface area contributed by atoms with Crippen LogP contribution in [-0.4, -0.2) is 22.9 Å². The first-order valence-corrected chi connectivity index (χ1v) is 4.23. The van der Waals surface area contributed by atoms with Crippen LogP contribution in [0.15, 0.2) is 21.5 Å². The molecule has 0 aliphatic carbocycles. The van der Waals surface area contributed by atoms with E-state index in [1.54, 1.807) is 0 Å². The number of esters is 1. The van der Waals surface area contributed by atoms with Crippen molar-refractivity contribution in [2.75, 3.05) is 7.11 Å². The van der Waals surface area contributed by atoms with Crippen LogP contribution >= 0.6 is 15.9 Å². The molecule has 0 aliphatic heterocycles. The number of rotatable bonds is 2. The molecule has 0 aliphatic rings. The second-order valence-electron chi connectivity index (χ2n) is 2.23. The van der Waals surface area contributed by atoms with Gasteiger partial charge in [-0.15, -0.1) is 0 Å². The number of methoxy groups -OCH3 is 1. The second-order valence-corrected chi connectivity index (χ2v) is 3.04. The van der Waals surface area contributed by atoms with Gasteiger partial charge in [-0.2, -0.15) is 5.10 Å². The van der Waals surface area contributed by atoms with Gasteiger partial charge in [0.1, 0.15) is 11.1 Å². The van der Waals surface area contributed by atoms with E-state index in [0.29, 0.717) is 4.60 Å². The van der Waals surface area contributed by atoms with Crippen molar-refractivity contribution in [3.8, 4) is 0 Å². The average molecular weight is 247 g/mol. The quantitative estimate of drug-likeness (QED) is 0.699. The SMILES string of the molecule is COC(=O)Cn1nc(Br)ccc1=O. The fourth-order valence-electron chi connectivity index (χ4n) is 0.724. The number of hydrogen-bond acceptors (Lipinski definition) is 4. The normalized spacial score (nSPS) is 9.69. The minimum absolute atomic E-state index is 0.172. The zero-order valence-corrected chi connectivity index (χ0v) is 8.44. The van der Waals surface area contributed by atoms with Gasteiger partial charge in [-0.3, -0.25) is 9.59 Å². The van der Waals surface area contributed by atoms with Crippen LogP contribution < -0.4 is 5.56 Å². The van der Waals surface area contributed by atoms with Gasteiger partial charge in [-0.05, 0) is 22.0 Å². The van der Waals surface area contributed by atoms with E-state index >= 15 is 0 Å². The Hall–Kier alpha value is -1.17. The zero-order chi connectivity index (χ0) is 9.84. The maximum atomic E-state index is 11.1. The molecule has 0 spiro atoms. The summed E-state index contributed by atoms with van der Waals surface area (Å²) in [6.07, 6.45) is 0. The summed E-state index contributed by atoms with van der Waals surface area (Å²) >= 11 is 3.09. The summed E-state index contributed by atoms with van der Waals surface area (Å²) in [6, 6.07) is 2.83. The van der Waals surface area contributed by atoms with Crippen LogP contribution in [0.5, 0.6) is 0 Å². The number of nitrogens with zero attached hydrogens (tertiary/aromatic N) is 2. The lowest BCUT2D eigenvalue weighted by Gasteiger charge is -2.01.